The normalized spacial score (nSPS) is 14.5. The van der Waals surface area contributed by atoms with Gasteiger partial charge in [0.25, 0.3) is 6.47 Å². The number of likely N-dealkylation sites (tertiary alicyclic amines) is 1. The van der Waals surface area contributed by atoms with Gasteiger partial charge in [0.15, 0.2) is 5.82 Å². The summed E-state index contributed by atoms with van der Waals surface area (Å²) >= 11 is 0. The lowest BCUT2D eigenvalue weighted by atomic mass is 10.1. The number of nitrogens with one attached hydrogen (secondary N) is 1. The van der Waals surface area contributed by atoms with E-state index < -0.39 is 0 Å². The van der Waals surface area contributed by atoms with Crippen LogP contribution in [0.5, 0.6) is 0 Å². The highest BCUT2D eigenvalue weighted by Gasteiger charge is 2.13. The van der Waals surface area contributed by atoms with Crippen molar-refractivity contribution in [3.63, 3.8) is 0 Å². The third kappa shape index (κ3) is 7.61. The van der Waals surface area contributed by atoms with Gasteiger partial charge in [-0.3, -0.25) is 9.89 Å². The van der Waals surface area contributed by atoms with Gasteiger partial charge < -0.3 is 15.7 Å². The Hall–Kier alpha value is -2.22. The molecule has 0 bridgehead atoms. The maximum absolute atomic E-state index is 8.36. The van der Waals surface area contributed by atoms with Crippen molar-refractivity contribution in [2.24, 2.45) is 0 Å². The molecular weight excluding hydrogens is 368 g/mol. The van der Waals surface area contributed by atoms with E-state index in [1.165, 1.54) is 58.2 Å². The van der Waals surface area contributed by atoms with Crippen molar-refractivity contribution in [3.8, 4) is 0 Å². The number of aryl methyl sites for hydroxylation is 2. The van der Waals surface area contributed by atoms with Crippen LogP contribution in [-0.2, 0) is 17.6 Å². The first-order valence-electron chi connectivity index (χ1n) is 11.0. The molecule has 2 aromatic heterocycles. The molecule has 1 fully saturated rings. The standard InChI is InChI=1S/C20H34N6.CH2O2/c1-2-3-12-17-22-18-16(24-25-19(18)20(21)23-17)11-7-4-5-8-13-26-14-9-6-10-15-26;2-1-3/h2-15H2,1H3,(H,24,25)(H2,21,22,23);1H,(H,2,3). The van der Waals surface area contributed by atoms with Crippen LogP contribution in [0.4, 0.5) is 5.82 Å². The number of fused-ring (bicyclic) bond motifs is 1. The van der Waals surface area contributed by atoms with Crippen molar-refractivity contribution >= 4 is 23.3 Å². The summed E-state index contributed by atoms with van der Waals surface area (Å²) < 4.78 is 0. The molecule has 2 aromatic rings. The minimum absolute atomic E-state index is 0.250. The maximum atomic E-state index is 8.36. The molecule has 0 radical (unpaired) electrons. The van der Waals surface area contributed by atoms with Crippen LogP contribution in [0.3, 0.4) is 0 Å². The molecule has 0 aromatic carbocycles. The largest absolute Gasteiger partial charge is 0.483 e. The van der Waals surface area contributed by atoms with Crippen LogP contribution in [0.2, 0.25) is 0 Å². The Morgan fingerprint density at radius 2 is 1.79 bits per heavy atom. The zero-order valence-corrected chi connectivity index (χ0v) is 17.7. The van der Waals surface area contributed by atoms with Gasteiger partial charge >= 0.3 is 0 Å². The van der Waals surface area contributed by atoms with Gasteiger partial charge in [-0.2, -0.15) is 5.10 Å². The first-order valence-corrected chi connectivity index (χ1v) is 11.0. The SMILES string of the molecule is CCCCc1nc(N)c2[nH]nc(CCCCCCN3CCCCC3)c2n1.O=CO. The van der Waals surface area contributed by atoms with E-state index in [0.717, 1.165) is 54.7 Å². The van der Waals surface area contributed by atoms with Gasteiger partial charge in [0.1, 0.15) is 16.9 Å². The summed E-state index contributed by atoms with van der Waals surface area (Å²) in [6, 6.07) is 0. The Morgan fingerprint density at radius 1 is 1.07 bits per heavy atom. The minimum Gasteiger partial charge on any atom is -0.483 e. The molecule has 1 aliphatic heterocycles. The molecule has 3 rings (SSSR count). The van der Waals surface area contributed by atoms with Gasteiger partial charge in [0, 0.05) is 6.42 Å². The quantitative estimate of drug-likeness (QED) is 0.409. The number of aromatic nitrogens is 4. The Labute approximate surface area is 173 Å². The summed E-state index contributed by atoms with van der Waals surface area (Å²) in [6.07, 6.45) is 13.3. The number of aromatic amines is 1. The summed E-state index contributed by atoms with van der Waals surface area (Å²) in [4.78, 5) is 20.1. The number of H-pyrrole nitrogens is 1. The molecule has 0 amide bonds. The van der Waals surface area contributed by atoms with Crippen LogP contribution < -0.4 is 5.73 Å². The second-order valence-corrected chi connectivity index (χ2v) is 7.69. The van der Waals surface area contributed by atoms with E-state index in [-0.39, 0.29) is 6.47 Å². The summed E-state index contributed by atoms with van der Waals surface area (Å²) in [5.74, 6) is 1.38. The predicted octanol–water partition coefficient (Wildman–Crippen LogP) is 3.57. The molecule has 162 valence electrons. The van der Waals surface area contributed by atoms with Gasteiger partial charge in [-0.15, -0.1) is 0 Å². The Morgan fingerprint density at radius 3 is 2.52 bits per heavy atom. The average Bonchev–Trinajstić information content (AvgIpc) is 3.14. The molecule has 29 heavy (non-hydrogen) atoms. The number of hydrogen-bond acceptors (Lipinski definition) is 6. The fourth-order valence-corrected chi connectivity index (χ4v) is 3.81. The van der Waals surface area contributed by atoms with Crippen molar-refractivity contribution in [2.75, 3.05) is 25.4 Å². The van der Waals surface area contributed by atoms with E-state index in [1.54, 1.807) is 0 Å². The highest BCUT2D eigenvalue weighted by Crippen LogP contribution is 2.21. The number of hydrogen-bond donors (Lipinski definition) is 3. The lowest BCUT2D eigenvalue weighted by Gasteiger charge is -2.26. The highest BCUT2D eigenvalue weighted by atomic mass is 16.3. The third-order valence-corrected chi connectivity index (χ3v) is 5.40. The van der Waals surface area contributed by atoms with E-state index in [1.807, 2.05) is 0 Å². The van der Waals surface area contributed by atoms with Gasteiger partial charge in [-0.25, -0.2) is 9.97 Å². The van der Waals surface area contributed by atoms with Crippen molar-refractivity contribution < 1.29 is 9.90 Å². The molecular formula is C21H36N6O2. The molecule has 8 nitrogen and oxygen atoms in total. The number of carboxylic acid groups (broad SMARTS) is 1. The molecule has 1 saturated heterocycles. The minimum atomic E-state index is -0.250. The molecule has 4 N–H and O–H groups in total. The van der Waals surface area contributed by atoms with Crippen LogP contribution in [0.15, 0.2) is 0 Å². The van der Waals surface area contributed by atoms with E-state index in [2.05, 4.69) is 27.0 Å². The molecule has 0 spiro atoms. The van der Waals surface area contributed by atoms with Crippen molar-refractivity contribution in [1.82, 2.24) is 25.1 Å². The van der Waals surface area contributed by atoms with Crippen LogP contribution in [0.25, 0.3) is 11.0 Å². The van der Waals surface area contributed by atoms with Gasteiger partial charge in [0.2, 0.25) is 0 Å². The second kappa shape index (κ2) is 13.1. The maximum Gasteiger partial charge on any atom is 0.290 e. The Balaban J connectivity index is 0.000000941. The number of anilines is 1. The fourth-order valence-electron chi connectivity index (χ4n) is 3.81. The summed E-state index contributed by atoms with van der Waals surface area (Å²) in [5.41, 5.74) is 8.85. The Bertz CT molecular complexity index is 727. The number of carbonyl (C=O) groups is 1. The zero-order valence-electron chi connectivity index (χ0n) is 17.7. The van der Waals surface area contributed by atoms with Gasteiger partial charge in [-0.05, 0) is 58.2 Å². The molecule has 1 aliphatic rings. The van der Waals surface area contributed by atoms with Crippen LogP contribution in [-0.4, -0.2) is 56.3 Å². The highest BCUT2D eigenvalue weighted by molar-refractivity contribution is 5.85. The summed E-state index contributed by atoms with van der Waals surface area (Å²) in [6.45, 7) is 5.81. The molecule has 0 atom stereocenters. The molecule has 3 heterocycles. The van der Waals surface area contributed by atoms with E-state index in [4.69, 9.17) is 20.6 Å². The molecule has 0 aliphatic carbocycles. The van der Waals surface area contributed by atoms with E-state index >= 15 is 0 Å². The zero-order chi connectivity index (χ0) is 20.9. The Kier molecular flexibility index (Phi) is 10.4. The number of nitrogens with zero attached hydrogens (tertiary/aromatic N) is 4. The first kappa shape index (κ1) is 23.1. The molecule has 8 heteroatoms. The van der Waals surface area contributed by atoms with Crippen molar-refractivity contribution in [1.29, 1.82) is 0 Å². The molecule has 0 saturated carbocycles. The number of nitrogen functional groups attached to an aromatic ring is 1. The first-order chi connectivity index (χ1) is 14.2. The second-order valence-electron chi connectivity index (χ2n) is 7.69. The lowest BCUT2D eigenvalue weighted by molar-refractivity contribution is -0.122. The number of nitrogens with two attached hydrogens (primary N) is 1. The lowest BCUT2D eigenvalue weighted by Crippen LogP contribution is -2.30. The van der Waals surface area contributed by atoms with Crippen molar-refractivity contribution in [3.05, 3.63) is 11.5 Å². The van der Waals surface area contributed by atoms with Crippen LogP contribution >= 0.6 is 0 Å². The van der Waals surface area contributed by atoms with E-state index in [9.17, 15) is 0 Å². The molecule has 0 unspecified atom stereocenters. The summed E-state index contributed by atoms with van der Waals surface area (Å²) in [5, 5.41) is 14.4. The number of piperidine rings is 1. The third-order valence-electron chi connectivity index (χ3n) is 5.40. The summed E-state index contributed by atoms with van der Waals surface area (Å²) in [7, 11) is 0. The smallest absolute Gasteiger partial charge is 0.290 e. The van der Waals surface area contributed by atoms with Crippen molar-refractivity contribution in [2.45, 2.75) is 77.6 Å². The van der Waals surface area contributed by atoms with Crippen LogP contribution in [0, 0.1) is 0 Å². The topological polar surface area (TPSA) is 121 Å². The fraction of sp³-hybridized carbons (Fsp3) is 0.714. The van der Waals surface area contributed by atoms with E-state index in [0.29, 0.717) is 5.82 Å². The van der Waals surface area contributed by atoms with Crippen LogP contribution in [0.1, 0.15) is 76.2 Å². The van der Waals surface area contributed by atoms with Gasteiger partial charge in [0.05, 0.1) is 5.69 Å². The number of unbranched alkanes of at least 4 members (excludes halogenated alkanes) is 4. The monoisotopic (exact) mass is 404 g/mol. The average molecular weight is 405 g/mol. The van der Waals surface area contributed by atoms with Gasteiger partial charge in [-0.1, -0.05) is 32.6 Å². The predicted molar refractivity (Wildman–Crippen MR) is 116 cm³/mol. The number of rotatable bonds is 10.